The van der Waals surface area contributed by atoms with Gasteiger partial charge in [-0.05, 0) is 92.0 Å². The number of nitrogens with zero attached hydrogens (tertiary/aromatic N) is 3. The topological polar surface area (TPSA) is 157 Å². The van der Waals surface area contributed by atoms with Gasteiger partial charge in [0.05, 0.1) is 27.4 Å². The van der Waals surface area contributed by atoms with Crippen molar-refractivity contribution < 1.29 is 51.8 Å². The lowest BCUT2D eigenvalue weighted by molar-refractivity contribution is -0.228. The summed E-state index contributed by atoms with van der Waals surface area (Å²) in [7, 11) is 5.87. The van der Waals surface area contributed by atoms with Crippen molar-refractivity contribution in [2.24, 2.45) is 17.3 Å². The molecule has 9 rings (SSSR count). The molecule has 2 bridgehead atoms. The number of benzene rings is 2. The number of carbonyl (C=O) groups excluding carboxylic acids is 3. The van der Waals surface area contributed by atoms with Gasteiger partial charge in [0, 0.05) is 103 Å². The first-order chi connectivity index (χ1) is 29.9. The molecule has 2 N–H and O–H groups in total. The summed E-state index contributed by atoms with van der Waals surface area (Å²) in [6.45, 7) is 6.52. The van der Waals surface area contributed by atoms with E-state index in [1.165, 1.54) is 28.3 Å². The number of alkyl halides is 2. The Hall–Kier alpha value is -4.22. The van der Waals surface area contributed by atoms with Crippen LogP contribution >= 0.6 is 0 Å². The van der Waals surface area contributed by atoms with E-state index in [1.54, 1.807) is 19.4 Å². The number of likely N-dealkylation sites (N-methyl/N-ethyl adjacent to an activating group) is 1. The number of rotatable bonds is 8. The number of fused-ring (bicyclic) bond motifs is 6. The number of methoxy groups -OCH3 is 3. The summed E-state index contributed by atoms with van der Waals surface area (Å²) in [5.41, 5.74) is -2.17. The normalized spacial score (nSPS) is 35.0. The van der Waals surface area contributed by atoms with E-state index < -0.39 is 86.9 Å². The minimum Gasteiger partial charge on any atom is -0.612 e. The smallest absolute Gasteiger partial charge is 0.344 e. The molecular weight excluding hydrogens is 835 g/mol. The highest BCUT2D eigenvalue weighted by atomic mass is 32.2. The van der Waals surface area contributed by atoms with E-state index in [0.717, 1.165) is 29.0 Å². The number of aromatic nitrogens is 1. The molecule has 0 amide bonds. The predicted molar refractivity (Wildman–Crippen MR) is 232 cm³/mol. The molecular formula is C47H58F2N4O9S. The molecule has 3 fully saturated rings. The van der Waals surface area contributed by atoms with E-state index in [0.29, 0.717) is 73.0 Å². The standard InChI is InChI=1S/C47H58F2N4O9S/c1-9-44-14-10-16-53-18-15-45(38(44)53)32-21-33(36(59-5)22-35(32)51(4)39(45)47(57,42(56)61-7)40(44)62-26(2)54)46(41(55)60-6)23-27-19-28(43(3,48)49)25-52(24-27)17-13-30-31-20-29(63(8)58)11-12-34(31)50-37(30)46/h10-12,14,20-22,27-28,38-40,50,57H,9,13,15-19,23-25H2,1-8H3/t27-,28?,38+,39-,40-,44-,45-,46+,47+,63?/m1/s1. The van der Waals surface area contributed by atoms with Crippen LogP contribution in [0.4, 0.5) is 14.5 Å². The minimum atomic E-state index is -2.97. The van der Waals surface area contributed by atoms with Crippen molar-refractivity contribution in [3.05, 3.63) is 64.9 Å². The number of esters is 3. The molecule has 11 atom stereocenters. The second-order valence-corrected chi connectivity index (χ2v) is 20.3. The zero-order valence-corrected chi connectivity index (χ0v) is 38.0. The number of hydrogen-bond donors (Lipinski definition) is 2. The summed E-state index contributed by atoms with van der Waals surface area (Å²) in [5, 5.41) is 14.1. The van der Waals surface area contributed by atoms with Crippen molar-refractivity contribution in [1.82, 2.24) is 14.8 Å². The number of H-pyrrole nitrogens is 1. The van der Waals surface area contributed by atoms with Crippen LogP contribution in [-0.4, -0.2) is 139 Å². The highest BCUT2D eigenvalue weighted by Gasteiger charge is 2.80. The maximum absolute atomic E-state index is 15.4. The van der Waals surface area contributed by atoms with Gasteiger partial charge in [0.2, 0.25) is 11.5 Å². The first-order valence-corrected chi connectivity index (χ1v) is 23.5. The monoisotopic (exact) mass is 892 g/mol. The van der Waals surface area contributed by atoms with Crippen LogP contribution in [0, 0.1) is 17.3 Å². The summed E-state index contributed by atoms with van der Waals surface area (Å²) >= 11 is -1.32. The van der Waals surface area contributed by atoms with Crippen molar-refractivity contribution in [1.29, 1.82) is 0 Å². The molecule has 1 aromatic heterocycles. The van der Waals surface area contributed by atoms with Gasteiger partial charge in [-0.15, -0.1) is 0 Å². The Kier molecular flexibility index (Phi) is 10.6. The summed E-state index contributed by atoms with van der Waals surface area (Å²) in [4.78, 5) is 53.4. The zero-order valence-electron chi connectivity index (χ0n) is 37.2. The number of ether oxygens (including phenoxy) is 4. The van der Waals surface area contributed by atoms with Crippen molar-refractivity contribution >= 4 is 45.7 Å². The van der Waals surface area contributed by atoms with Crippen LogP contribution in [0.25, 0.3) is 10.9 Å². The molecule has 2 saturated heterocycles. The summed E-state index contributed by atoms with van der Waals surface area (Å²) < 4.78 is 67.6. The first kappa shape index (κ1) is 44.0. The average molecular weight is 893 g/mol. The third-order valence-electron chi connectivity index (χ3n) is 16.0. The van der Waals surface area contributed by atoms with Crippen LogP contribution in [0.2, 0.25) is 0 Å². The number of carbonyl (C=O) groups is 3. The van der Waals surface area contributed by atoms with Crippen molar-refractivity contribution in [2.75, 3.05) is 72.3 Å². The van der Waals surface area contributed by atoms with Crippen molar-refractivity contribution in [3.8, 4) is 5.75 Å². The molecule has 6 heterocycles. The molecule has 13 nitrogen and oxygen atoms in total. The van der Waals surface area contributed by atoms with Crippen molar-refractivity contribution in [2.45, 2.75) is 98.3 Å². The number of anilines is 1. The number of nitrogens with one attached hydrogen (secondary N) is 1. The Morgan fingerprint density at radius 3 is 2.44 bits per heavy atom. The van der Waals surface area contributed by atoms with Crippen LogP contribution in [0.3, 0.4) is 0 Å². The summed E-state index contributed by atoms with van der Waals surface area (Å²) in [6.07, 6.45) is 5.84. The Morgan fingerprint density at radius 1 is 1.05 bits per heavy atom. The van der Waals surface area contributed by atoms with E-state index in [-0.39, 0.29) is 19.4 Å². The molecule has 1 saturated carbocycles. The lowest BCUT2D eigenvalue weighted by Crippen LogP contribution is -2.81. The van der Waals surface area contributed by atoms with E-state index in [4.69, 9.17) is 18.9 Å². The number of aromatic amines is 1. The van der Waals surface area contributed by atoms with Gasteiger partial charge in [0.25, 0.3) is 0 Å². The average Bonchev–Trinajstić information content (AvgIpc) is 3.92. The van der Waals surface area contributed by atoms with E-state index in [1.807, 2.05) is 48.2 Å². The van der Waals surface area contributed by atoms with Crippen LogP contribution in [0.5, 0.6) is 5.75 Å². The zero-order chi connectivity index (χ0) is 45.2. The molecule has 5 aliphatic heterocycles. The largest absolute Gasteiger partial charge is 0.612 e. The van der Waals surface area contributed by atoms with E-state index >= 15 is 13.6 Å². The molecule has 1 aliphatic carbocycles. The minimum absolute atomic E-state index is 0.0916. The highest BCUT2D eigenvalue weighted by Crippen LogP contribution is 2.68. The van der Waals surface area contributed by atoms with Gasteiger partial charge >= 0.3 is 17.9 Å². The Bertz CT molecular complexity index is 2400. The van der Waals surface area contributed by atoms with Crippen LogP contribution in [-0.2, 0) is 57.0 Å². The quantitative estimate of drug-likeness (QED) is 0.137. The van der Waals surface area contributed by atoms with Gasteiger partial charge in [0.1, 0.15) is 17.4 Å². The fourth-order valence-corrected chi connectivity index (χ4v) is 14.2. The SMILES string of the molecule is CC[C@]12C=CCN3CC[C@@]4(c5cc([C@@]6(C(=O)OC)C[C@H]7CC(C(C)(F)F)CN(CCc8c6[nH]c6ccc([S+](C)[O-])cc86)C7)c(OC)cc5N(C)[C@H]4[C@@](O)(C(=O)OC)[C@@H]1OC(C)=O)[C@@H]32. The Morgan fingerprint density at radius 2 is 1.79 bits per heavy atom. The van der Waals surface area contributed by atoms with Gasteiger partial charge in [-0.1, -0.05) is 19.1 Å². The Labute approximate surface area is 369 Å². The fourth-order valence-electron chi connectivity index (χ4n) is 13.6. The number of aliphatic hydroxyl groups is 1. The molecule has 63 heavy (non-hydrogen) atoms. The van der Waals surface area contributed by atoms with Gasteiger partial charge in [-0.2, -0.15) is 0 Å². The van der Waals surface area contributed by atoms with Gasteiger partial charge in [-0.25, -0.2) is 13.6 Å². The van der Waals surface area contributed by atoms with Gasteiger partial charge in [0.15, 0.2) is 11.0 Å². The predicted octanol–water partition coefficient (Wildman–Crippen LogP) is 4.86. The third-order valence-corrected chi connectivity index (χ3v) is 16.9. The lowest BCUT2D eigenvalue weighted by atomic mass is 9.47. The molecule has 3 aromatic rings. The fraction of sp³-hybridized carbons (Fsp3) is 0.596. The number of halogens is 2. The molecule has 2 aromatic carbocycles. The number of hydrogen-bond acceptors (Lipinski definition) is 12. The van der Waals surface area contributed by atoms with Gasteiger partial charge < -0.3 is 43.4 Å². The highest BCUT2D eigenvalue weighted by molar-refractivity contribution is 7.90. The molecule has 16 heteroatoms. The second kappa shape index (κ2) is 15.2. The maximum atomic E-state index is 15.4. The molecule has 340 valence electrons. The van der Waals surface area contributed by atoms with Crippen molar-refractivity contribution in [3.63, 3.8) is 0 Å². The lowest BCUT2D eigenvalue weighted by Gasteiger charge is -2.63. The maximum Gasteiger partial charge on any atom is 0.344 e. The molecule has 3 unspecified atom stereocenters. The number of piperidine rings is 1. The summed E-state index contributed by atoms with van der Waals surface area (Å²) in [6, 6.07) is 7.97. The van der Waals surface area contributed by atoms with E-state index in [2.05, 4.69) is 14.8 Å². The summed E-state index contributed by atoms with van der Waals surface area (Å²) in [5.74, 6) is -6.19. The van der Waals surface area contributed by atoms with Crippen LogP contribution in [0.1, 0.15) is 68.8 Å². The molecule has 0 radical (unpaired) electrons. The third kappa shape index (κ3) is 6.02. The van der Waals surface area contributed by atoms with Gasteiger partial charge in [-0.3, -0.25) is 14.5 Å². The molecule has 6 aliphatic rings. The van der Waals surface area contributed by atoms with E-state index in [9.17, 15) is 19.2 Å². The Balaban J connectivity index is 1.36. The molecule has 1 spiro atoms. The van der Waals surface area contributed by atoms with Crippen LogP contribution < -0.4 is 9.64 Å². The first-order valence-electron chi connectivity index (χ1n) is 21.9. The van der Waals surface area contributed by atoms with Crippen LogP contribution in [0.15, 0.2) is 47.4 Å². The second-order valence-electron chi connectivity index (χ2n) is 19.0.